The van der Waals surface area contributed by atoms with Crippen molar-refractivity contribution in [3.63, 3.8) is 0 Å². The summed E-state index contributed by atoms with van der Waals surface area (Å²) in [6.45, 7) is 7.77. The summed E-state index contributed by atoms with van der Waals surface area (Å²) in [5.41, 5.74) is 5.41. The van der Waals surface area contributed by atoms with Crippen LogP contribution in [0.4, 0.5) is 0 Å². The maximum absolute atomic E-state index is 12.8. The Morgan fingerprint density at radius 1 is 1.13 bits per heavy atom. The molecule has 1 aromatic heterocycles. The lowest BCUT2D eigenvalue weighted by atomic mass is 10.1. The van der Waals surface area contributed by atoms with E-state index in [9.17, 15) is 4.79 Å². The van der Waals surface area contributed by atoms with E-state index in [1.165, 1.54) is 0 Å². The van der Waals surface area contributed by atoms with Crippen LogP contribution in [-0.4, -0.2) is 29.9 Å². The highest BCUT2D eigenvalue weighted by Gasteiger charge is 2.19. The minimum atomic E-state index is -0.222. The van der Waals surface area contributed by atoms with E-state index < -0.39 is 0 Å². The monoisotopic (exact) mass is 441 g/mol. The highest BCUT2D eigenvalue weighted by atomic mass is 35.5. The predicted octanol–water partition coefficient (Wildman–Crippen LogP) is 4.89. The van der Waals surface area contributed by atoms with E-state index in [0.717, 1.165) is 33.8 Å². The SMILES string of the molecule is COc1ccc(C(C)NC(=O)Cc2c(C)nn(-c3ccc(C)c(Cl)c3)c2C)c(OC)c1. The lowest BCUT2D eigenvalue weighted by molar-refractivity contribution is -0.121. The van der Waals surface area contributed by atoms with Crippen LogP contribution in [0.2, 0.25) is 5.02 Å². The molecule has 2 aromatic carbocycles. The lowest BCUT2D eigenvalue weighted by Gasteiger charge is -2.18. The number of methoxy groups -OCH3 is 2. The van der Waals surface area contributed by atoms with Crippen molar-refractivity contribution in [1.29, 1.82) is 0 Å². The topological polar surface area (TPSA) is 65.4 Å². The van der Waals surface area contributed by atoms with Gasteiger partial charge in [0.15, 0.2) is 0 Å². The Kier molecular flexibility index (Phi) is 6.91. The van der Waals surface area contributed by atoms with Gasteiger partial charge in [0, 0.05) is 27.9 Å². The van der Waals surface area contributed by atoms with Gasteiger partial charge in [-0.3, -0.25) is 4.79 Å². The Balaban J connectivity index is 1.78. The molecule has 0 fully saturated rings. The predicted molar refractivity (Wildman–Crippen MR) is 123 cm³/mol. The molecule has 6 nitrogen and oxygen atoms in total. The molecule has 0 aliphatic carbocycles. The van der Waals surface area contributed by atoms with Gasteiger partial charge < -0.3 is 14.8 Å². The Labute approximate surface area is 188 Å². The minimum absolute atomic E-state index is 0.0851. The molecule has 0 radical (unpaired) electrons. The number of nitrogens with one attached hydrogen (secondary N) is 1. The summed E-state index contributed by atoms with van der Waals surface area (Å²) < 4.78 is 12.5. The molecule has 7 heteroatoms. The fourth-order valence-corrected chi connectivity index (χ4v) is 3.78. The fraction of sp³-hybridized carbons (Fsp3) is 0.333. The zero-order chi connectivity index (χ0) is 22.7. The van der Waals surface area contributed by atoms with Crippen LogP contribution in [0.1, 0.15) is 41.0 Å². The Morgan fingerprint density at radius 3 is 2.52 bits per heavy atom. The van der Waals surface area contributed by atoms with Crippen molar-refractivity contribution in [2.24, 2.45) is 0 Å². The fourth-order valence-electron chi connectivity index (χ4n) is 3.60. The van der Waals surface area contributed by atoms with Gasteiger partial charge in [-0.15, -0.1) is 0 Å². The normalized spacial score (nSPS) is 11.8. The first-order valence-corrected chi connectivity index (χ1v) is 10.5. The number of halogens is 1. The van der Waals surface area contributed by atoms with Crippen LogP contribution >= 0.6 is 11.6 Å². The average Bonchev–Trinajstić information content (AvgIpc) is 3.03. The third kappa shape index (κ3) is 4.85. The van der Waals surface area contributed by atoms with Crippen molar-refractivity contribution in [3.05, 3.63) is 69.5 Å². The molecule has 164 valence electrons. The van der Waals surface area contributed by atoms with Gasteiger partial charge in [-0.05, 0) is 57.5 Å². The van der Waals surface area contributed by atoms with Crippen LogP contribution in [-0.2, 0) is 11.2 Å². The van der Waals surface area contributed by atoms with Crippen molar-refractivity contribution >= 4 is 17.5 Å². The maximum Gasteiger partial charge on any atom is 0.225 e. The first kappa shape index (κ1) is 22.7. The van der Waals surface area contributed by atoms with Crippen LogP contribution < -0.4 is 14.8 Å². The zero-order valence-electron chi connectivity index (χ0n) is 18.7. The molecular formula is C24H28ClN3O3. The third-order valence-corrected chi connectivity index (χ3v) is 5.87. The van der Waals surface area contributed by atoms with Crippen LogP contribution in [0.15, 0.2) is 36.4 Å². The molecule has 3 rings (SSSR count). The second-order valence-electron chi connectivity index (χ2n) is 7.57. The van der Waals surface area contributed by atoms with Gasteiger partial charge in [0.1, 0.15) is 11.5 Å². The van der Waals surface area contributed by atoms with Crippen molar-refractivity contribution in [2.45, 2.75) is 40.2 Å². The lowest BCUT2D eigenvalue weighted by Crippen LogP contribution is -2.28. The van der Waals surface area contributed by atoms with Crippen molar-refractivity contribution in [2.75, 3.05) is 14.2 Å². The number of carbonyl (C=O) groups excluding carboxylic acids is 1. The van der Waals surface area contributed by atoms with Crippen molar-refractivity contribution in [3.8, 4) is 17.2 Å². The van der Waals surface area contributed by atoms with E-state index in [0.29, 0.717) is 16.5 Å². The molecule has 0 aliphatic heterocycles. The van der Waals surface area contributed by atoms with Gasteiger partial charge in [-0.1, -0.05) is 17.7 Å². The van der Waals surface area contributed by atoms with Crippen molar-refractivity contribution in [1.82, 2.24) is 15.1 Å². The number of hydrogen-bond donors (Lipinski definition) is 1. The zero-order valence-corrected chi connectivity index (χ0v) is 19.5. The first-order valence-electron chi connectivity index (χ1n) is 10.1. The van der Waals surface area contributed by atoms with E-state index in [1.807, 2.05) is 68.8 Å². The van der Waals surface area contributed by atoms with E-state index in [2.05, 4.69) is 10.4 Å². The van der Waals surface area contributed by atoms with E-state index in [4.69, 9.17) is 21.1 Å². The third-order valence-electron chi connectivity index (χ3n) is 5.46. The molecule has 0 aliphatic rings. The number of hydrogen-bond acceptors (Lipinski definition) is 4. The quantitative estimate of drug-likeness (QED) is 0.567. The molecule has 0 spiro atoms. The number of aromatic nitrogens is 2. The number of aryl methyl sites for hydroxylation is 2. The molecule has 1 N–H and O–H groups in total. The molecule has 1 heterocycles. The smallest absolute Gasteiger partial charge is 0.225 e. The van der Waals surface area contributed by atoms with Gasteiger partial charge in [-0.2, -0.15) is 5.10 Å². The molecule has 1 atom stereocenters. The van der Waals surface area contributed by atoms with Crippen LogP contribution in [0, 0.1) is 20.8 Å². The Bertz CT molecular complexity index is 1110. The molecule has 0 bridgehead atoms. The van der Waals surface area contributed by atoms with Gasteiger partial charge in [0.25, 0.3) is 0 Å². The van der Waals surface area contributed by atoms with Gasteiger partial charge in [-0.25, -0.2) is 4.68 Å². The van der Waals surface area contributed by atoms with E-state index >= 15 is 0 Å². The highest BCUT2D eigenvalue weighted by molar-refractivity contribution is 6.31. The second-order valence-corrected chi connectivity index (χ2v) is 7.98. The number of carbonyl (C=O) groups is 1. The second kappa shape index (κ2) is 9.43. The van der Waals surface area contributed by atoms with Crippen LogP contribution in [0.5, 0.6) is 11.5 Å². The van der Waals surface area contributed by atoms with Gasteiger partial charge >= 0.3 is 0 Å². The molecule has 31 heavy (non-hydrogen) atoms. The van der Waals surface area contributed by atoms with Gasteiger partial charge in [0.05, 0.1) is 38.1 Å². The summed E-state index contributed by atoms with van der Waals surface area (Å²) in [6, 6.07) is 11.2. The summed E-state index contributed by atoms with van der Waals surface area (Å²) in [7, 11) is 3.21. The summed E-state index contributed by atoms with van der Waals surface area (Å²) in [5.74, 6) is 1.29. The van der Waals surface area contributed by atoms with Crippen LogP contribution in [0.25, 0.3) is 5.69 Å². The van der Waals surface area contributed by atoms with Crippen molar-refractivity contribution < 1.29 is 14.3 Å². The molecule has 0 saturated carbocycles. The standard InChI is InChI=1S/C24H28ClN3O3/c1-14-7-8-18(11-22(14)25)28-17(4)21(16(3)27-28)13-24(29)26-15(2)20-10-9-19(30-5)12-23(20)31-6/h7-12,15H,13H2,1-6H3,(H,26,29). The average molecular weight is 442 g/mol. The maximum atomic E-state index is 12.8. The number of ether oxygens (including phenoxy) is 2. The molecular weight excluding hydrogens is 414 g/mol. The largest absolute Gasteiger partial charge is 0.497 e. The molecule has 0 saturated heterocycles. The Morgan fingerprint density at radius 2 is 1.87 bits per heavy atom. The summed E-state index contributed by atoms with van der Waals surface area (Å²) in [6.07, 6.45) is 0.236. The number of benzene rings is 2. The number of nitrogens with zero attached hydrogens (tertiary/aromatic N) is 2. The molecule has 1 unspecified atom stereocenters. The molecule has 1 amide bonds. The highest BCUT2D eigenvalue weighted by Crippen LogP contribution is 2.29. The summed E-state index contributed by atoms with van der Waals surface area (Å²) >= 11 is 6.28. The Hall–Kier alpha value is -2.99. The van der Waals surface area contributed by atoms with Crippen LogP contribution in [0.3, 0.4) is 0 Å². The van der Waals surface area contributed by atoms with Gasteiger partial charge in [0.2, 0.25) is 5.91 Å². The minimum Gasteiger partial charge on any atom is -0.497 e. The molecule has 3 aromatic rings. The summed E-state index contributed by atoms with van der Waals surface area (Å²) in [4.78, 5) is 12.8. The number of amides is 1. The first-order chi connectivity index (χ1) is 14.7. The van der Waals surface area contributed by atoms with E-state index in [-0.39, 0.29) is 18.4 Å². The summed E-state index contributed by atoms with van der Waals surface area (Å²) in [5, 5.41) is 8.38. The van der Waals surface area contributed by atoms with E-state index in [1.54, 1.807) is 14.2 Å². The number of rotatable bonds is 7.